The molecule has 0 spiro atoms. The first-order valence-corrected chi connectivity index (χ1v) is 6.41. The van der Waals surface area contributed by atoms with E-state index in [0.29, 0.717) is 23.6 Å². The Balaban J connectivity index is 2.05. The van der Waals surface area contributed by atoms with Gasteiger partial charge < -0.3 is 26.0 Å². The third kappa shape index (κ3) is 3.54. The van der Waals surface area contributed by atoms with Crippen molar-refractivity contribution in [3.05, 3.63) is 23.8 Å². The second-order valence-electron chi connectivity index (χ2n) is 4.57. The molecular weight excluding hydrogens is 242 g/mol. The number of ether oxygens (including phenoxy) is 2. The van der Waals surface area contributed by atoms with Crippen LogP contribution in [0.5, 0.6) is 5.75 Å². The van der Waals surface area contributed by atoms with Gasteiger partial charge in [-0.05, 0) is 23.8 Å². The molecule has 0 unspecified atom stereocenters. The lowest BCUT2D eigenvalue weighted by atomic mass is 10.1. The molecule has 1 aromatic rings. The number of benzene rings is 1. The zero-order chi connectivity index (χ0) is 13.7. The van der Waals surface area contributed by atoms with E-state index >= 15 is 0 Å². The predicted molar refractivity (Wildman–Crippen MR) is 75.6 cm³/mol. The van der Waals surface area contributed by atoms with Gasteiger partial charge in [0.05, 0.1) is 18.9 Å². The molecule has 5 nitrogen and oxygen atoms in total. The van der Waals surface area contributed by atoms with Crippen molar-refractivity contribution in [2.24, 2.45) is 0 Å². The van der Waals surface area contributed by atoms with E-state index in [1.165, 1.54) is 6.21 Å². The number of nitrogens with one attached hydrogen (secondary N) is 2. The van der Waals surface area contributed by atoms with E-state index in [-0.39, 0.29) is 6.10 Å². The minimum atomic E-state index is 0.155. The van der Waals surface area contributed by atoms with Crippen molar-refractivity contribution in [2.45, 2.75) is 25.4 Å². The summed E-state index contributed by atoms with van der Waals surface area (Å²) in [6, 6.07) is 5.36. The van der Waals surface area contributed by atoms with E-state index in [1.54, 1.807) is 12.1 Å². The fourth-order valence-electron chi connectivity index (χ4n) is 2.04. The van der Waals surface area contributed by atoms with Crippen molar-refractivity contribution in [3.8, 4) is 5.75 Å². The molecular formula is C14H19N3O2. The van der Waals surface area contributed by atoms with Crippen molar-refractivity contribution < 1.29 is 9.47 Å². The summed E-state index contributed by atoms with van der Waals surface area (Å²) in [6.07, 6.45) is 3.45. The minimum absolute atomic E-state index is 0.155. The van der Waals surface area contributed by atoms with E-state index in [0.717, 1.165) is 31.6 Å². The van der Waals surface area contributed by atoms with Gasteiger partial charge in [-0.3, -0.25) is 0 Å². The van der Waals surface area contributed by atoms with Gasteiger partial charge >= 0.3 is 0 Å². The van der Waals surface area contributed by atoms with Crippen molar-refractivity contribution in [3.63, 3.8) is 0 Å². The topological polar surface area (TPSA) is 92.2 Å². The van der Waals surface area contributed by atoms with Crippen molar-refractivity contribution >= 4 is 17.6 Å². The summed E-state index contributed by atoms with van der Waals surface area (Å²) < 4.78 is 11.1. The van der Waals surface area contributed by atoms with Gasteiger partial charge in [-0.15, -0.1) is 0 Å². The van der Waals surface area contributed by atoms with Gasteiger partial charge in [0.2, 0.25) is 0 Å². The molecule has 1 saturated heterocycles. The normalized spacial score (nSPS) is 16.0. The average Bonchev–Trinajstić information content (AvgIpc) is 2.42. The maximum absolute atomic E-state index is 7.79. The van der Waals surface area contributed by atoms with Crippen molar-refractivity contribution in [1.29, 1.82) is 10.8 Å². The van der Waals surface area contributed by atoms with Crippen LogP contribution in [0.15, 0.2) is 18.2 Å². The van der Waals surface area contributed by atoms with Gasteiger partial charge in [0.1, 0.15) is 11.9 Å². The number of rotatable bonds is 5. The number of anilines is 1. The molecule has 0 aromatic heterocycles. The van der Waals surface area contributed by atoms with E-state index in [1.807, 2.05) is 6.07 Å². The molecule has 1 heterocycles. The molecule has 5 heteroatoms. The molecule has 1 aliphatic heterocycles. The summed E-state index contributed by atoms with van der Waals surface area (Å²) in [7, 11) is 0. The van der Waals surface area contributed by atoms with Gasteiger partial charge in [0.15, 0.2) is 0 Å². The molecule has 0 saturated carbocycles. The molecule has 19 heavy (non-hydrogen) atoms. The Morgan fingerprint density at radius 2 is 2.16 bits per heavy atom. The highest BCUT2D eigenvalue weighted by Gasteiger charge is 2.16. The largest absolute Gasteiger partial charge is 0.488 e. The van der Waals surface area contributed by atoms with E-state index in [9.17, 15) is 0 Å². The third-order valence-corrected chi connectivity index (χ3v) is 3.13. The Morgan fingerprint density at radius 3 is 2.79 bits per heavy atom. The molecule has 2 rings (SSSR count). The SMILES string of the molecule is N=CCC(=N)c1ccc(OC2CCOCC2)c(N)c1. The van der Waals surface area contributed by atoms with Crippen LogP contribution < -0.4 is 10.5 Å². The highest BCUT2D eigenvalue weighted by molar-refractivity contribution is 6.05. The fourth-order valence-corrected chi connectivity index (χ4v) is 2.04. The van der Waals surface area contributed by atoms with Crippen LogP contribution in [-0.4, -0.2) is 31.2 Å². The van der Waals surface area contributed by atoms with Crippen LogP contribution in [0.3, 0.4) is 0 Å². The second-order valence-corrected chi connectivity index (χ2v) is 4.57. The standard InChI is InChI=1S/C14H19N3O2/c15-6-3-12(16)10-1-2-14(13(17)9-10)19-11-4-7-18-8-5-11/h1-2,6,9,11,15-16H,3-5,7-8,17H2. The lowest BCUT2D eigenvalue weighted by Gasteiger charge is -2.24. The zero-order valence-corrected chi connectivity index (χ0v) is 10.8. The molecule has 4 N–H and O–H groups in total. The van der Waals surface area contributed by atoms with Crippen LogP contribution in [-0.2, 0) is 4.74 Å². The maximum Gasteiger partial charge on any atom is 0.142 e. The summed E-state index contributed by atoms with van der Waals surface area (Å²) in [5.41, 5.74) is 7.63. The van der Waals surface area contributed by atoms with Gasteiger partial charge in [0, 0.05) is 31.2 Å². The van der Waals surface area contributed by atoms with E-state index < -0.39 is 0 Å². The maximum atomic E-state index is 7.79. The third-order valence-electron chi connectivity index (χ3n) is 3.13. The smallest absolute Gasteiger partial charge is 0.142 e. The highest BCUT2D eigenvalue weighted by Crippen LogP contribution is 2.26. The molecule has 1 aromatic carbocycles. The predicted octanol–water partition coefficient (Wildman–Crippen LogP) is 2.23. The summed E-state index contributed by atoms with van der Waals surface area (Å²) in [4.78, 5) is 0. The molecule has 1 fully saturated rings. The Kier molecular flexibility index (Phi) is 4.52. The molecule has 0 amide bonds. The van der Waals surface area contributed by atoms with Crippen molar-refractivity contribution in [2.75, 3.05) is 18.9 Å². The zero-order valence-electron chi connectivity index (χ0n) is 10.8. The minimum Gasteiger partial charge on any atom is -0.488 e. The number of hydrogen-bond donors (Lipinski definition) is 3. The number of hydrogen-bond acceptors (Lipinski definition) is 5. The highest BCUT2D eigenvalue weighted by atomic mass is 16.5. The first-order chi connectivity index (χ1) is 9.20. The van der Waals surface area contributed by atoms with Crippen LogP contribution in [0.1, 0.15) is 24.8 Å². The first kappa shape index (κ1) is 13.5. The van der Waals surface area contributed by atoms with Crippen LogP contribution in [0.2, 0.25) is 0 Å². The summed E-state index contributed by atoms with van der Waals surface area (Å²) in [5.74, 6) is 0.665. The number of nitrogen functional groups attached to an aromatic ring is 1. The summed E-state index contributed by atoms with van der Waals surface area (Å²) >= 11 is 0. The van der Waals surface area contributed by atoms with Crippen LogP contribution in [0.25, 0.3) is 0 Å². The molecule has 0 aliphatic carbocycles. The van der Waals surface area contributed by atoms with Crippen LogP contribution >= 0.6 is 0 Å². The summed E-state index contributed by atoms with van der Waals surface area (Å²) in [5, 5.41) is 14.8. The second kappa shape index (κ2) is 6.33. The lowest BCUT2D eigenvalue weighted by Crippen LogP contribution is -2.26. The van der Waals surface area contributed by atoms with Gasteiger partial charge in [-0.2, -0.15) is 0 Å². The Labute approximate surface area is 112 Å². The van der Waals surface area contributed by atoms with Crippen LogP contribution in [0.4, 0.5) is 5.69 Å². The molecule has 102 valence electrons. The Bertz CT molecular complexity index is 468. The Morgan fingerprint density at radius 1 is 1.42 bits per heavy atom. The van der Waals surface area contributed by atoms with Gasteiger partial charge in [-0.1, -0.05) is 0 Å². The molecule has 1 aliphatic rings. The molecule has 0 radical (unpaired) electrons. The van der Waals surface area contributed by atoms with Gasteiger partial charge in [0.25, 0.3) is 0 Å². The quantitative estimate of drug-likeness (QED) is 0.560. The molecule has 0 bridgehead atoms. The van der Waals surface area contributed by atoms with E-state index in [4.69, 9.17) is 26.0 Å². The van der Waals surface area contributed by atoms with Crippen LogP contribution in [0, 0.1) is 10.8 Å². The lowest BCUT2D eigenvalue weighted by molar-refractivity contribution is 0.0259. The fraction of sp³-hybridized carbons (Fsp3) is 0.429. The number of nitrogens with two attached hydrogens (primary N) is 1. The first-order valence-electron chi connectivity index (χ1n) is 6.41. The summed E-state index contributed by atoms with van der Waals surface area (Å²) in [6.45, 7) is 1.46. The van der Waals surface area contributed by atoms with Gasteiger partial charge in [-0.25, -0.2) is 0 Å². The Hall–Kier alpha value is -1.88. The van der Waals surface area contributed by atoms with E-state index in [2.05, 4.69) is 0 Å². The average molecular weight is 261 g/mol. The van der Waals surface area contributed by atoms with Crippen molar-refractivity contribution in [1.82, 2.24) is 0 Å². The monoisotopic (exact) mass is 261 g/mol. The molecule has 0 atom stereocenters.